The number of halogens is 2. The minimum atomic E-state index is 0.285. The van der Waals surface area contributed by atoms with E-state index in [1.54, 1.807) is 11.3 Å². The van der Waals surface area contributed by atoms with Crippen LogP contribution in [0.1, 0.15) is 35.3 Å². The van der Waals surface area contributed by atoms with Crippen molar-refractivity contribution in [1.29, 1.82) is 0 Å². The highest BCUT2D eigenvalue weighted by molar-refractivity contribution is 7.19. The Morgan fingerprint density at radius 3 is 2.75 bits per heavy atom. The van der Waals surface area contributed by atoms with Gasteiger partial charge in [-0.25, -0.2) is 4.98 Å². The van der Waals surface area contributed by atoms with Crippen molar-refractivity contribution in [3.8, 4) is 0 Å². The molecule has 1 aliphatic rings. The second-order valence-corrected chi connectivity index (χ2v) is 8.03. The van der Waals surface area contributed by atoms with E-state index in [4.69, 9.17) is 23.2 Å². The Kier molecular flexibility index (Phi) is 4.37. The van der Waals surface area contributed by atoms with Gasteiger partial charge in [-0.3, -0.25) is 0 Å². The molecule has 1 aromatic carbocycles. The number of thiophene rings is 1. The van der Waals surface area contributed by atoms with Gasteiger partial charge in [0.05, 0.1) is 5.39 Å². The third-order valence-electron chi connectivity index (χ3n) is 4.48. The second-order valence-electron chi connectivity index (χ2n) is 6.17. The van der Waals surface area contributed by atoms with Gasteiger partial charge in [0, 0.05) is 15.6 Å². The fraction of sp³-hybridized carbons (Fsp3) is 0.333. The molecule has 0 unspecified atom stereocenters. The van der Waals surface area contributed by atoms with Crippen molar-refractivity contribution in [2.45, 2.75) is 39.0 Å². The number of hydrogen-bond acceptors (Lipinski definition) is 4. The van der Waals surface area contributed by atoms with Gasteiger partial charge in [-0.15, -0.1) is 11.3 Å². The van der Waals surface area contributed by atoms with E-state index in [-0.39, 0.29) is 5.28 Å². The molecule has 2 aromatic heterocycles. The summed E-state index contributed by atoms with van der Waals surface area (Å²) in [6.45, 7) is 2.03. The molecule has 2 heterocycles. The summed E-state index contributed by atoms with van der Waals surface area (Å²) in [4.78, 5) is 11.4. The van der Waals surface area contributed by atoms with E-state index in [2.05, 4.69) is 15.3 Å². The van der Waals surface area contributed by atoms with Crippen molar-refractivity contribution < 1.29 is 0 Å². The lowest BCUT2D eigenvalue weighted by molar-refractivity contribution is 0.713. The Hall–Kier alpha value is -1.36. The first kappa shape index (κ1) is 16.1. The van der Waals surface area contributed by atoms with Gasteiger partial charge in [0.2, 0.25) is 5.28 Å². The molecule has 3 nitrogen and oxygen atoms in total. The summed E-state index contributed by atoms with van der Waals surface area (Å²) in [5.41, 5.74) is 3.47. The minimum absolute atomic E-state index is 0.285. The lowest BCUT2D eigenvalue weighted by atomic mass is 10.1. The van der Waals surface area contributed by atoms with E-state index in [0.717, 1.165) is 45.1 Å². The molecule has 124 valence electrons. The molecule has 0 saturated heterocycles. The maximum Gasteiger partial charge on any atom is 0.225 e. The smallest absolute Gasteiger partial charge is 0.225 e. The highest BCUT2D eigenvalue weighted by Crippen LogP contribution is 2.39. The number of aryl methyl sites for hydroxylation is 3. The van der Waals surface area contributed by atoms with Crippen molar-refractivity contribution in [2.75, 3.05) is 5.32 Å². The largest absolute Gasteiger partial charge is 0.339 e. The van der Waals surface area contributed by atoms with Crippen LogP contribution in [0.5, 0.6) is 0 Å². The molecule has 6 heteroatoms. The highest BCUT2D eigenvalue weighted by Gasteiger charge is 2.20. The van der Waals surface area contributed by atoms with Crippen molar-refractivity contribution in [2.24, 2.45) is 0 Å². The molecule has 0 saturated carbocycles. The maximum atomic E-state index is 6.17. The zero-order valence-corrected chi connectivity index (χ0v) is 15.7. The van der Waals surface area contributed by atoms with Gasteiger partial charge in [0.1, 0.15) is 10.6 Å². The first-order valence-corrected chi connectivity index (χ1v) is 9.70. The minimum Gasteiger partial charge on any atom is -0.339 e. The Bertz CT molecular complexity index is 920. The van der Waals surface area contributed by atoms with Gasteiger partial charge in [0.15, 0.2) is 0 Å². The first-order valence-electron chi connectivity index (χ1n) is 8.13. The number of aromatic nitrogens is 2. The maximum absolute atomic E-state index is 6.17. The Balaban J connectivity index is 1.86. The van der Waals surface area contributed by atoms with Gasteiger partial charge in [-0.05, 0) is 73.5 Å². The molecule has 0 fully saturated rings. The van der Waals surface area contributed by atoms with Crippen LogP contribution in [0, 0.1) is 6.92 Å². The van der Waals surface area contributed by atoms with E-state index in [9.17, 15) is 0 Å². The molecular weight excluding hydrogens is 361 g/mol. The standard InChI is InChI=1S/C18H17Cl2N3S/c1-10-9-11(19)7-8-13(10)21-16-15-12-5-3-2-4-6-14(12)24-17(15)23-18(20)22-16/h7-9H,2-6H2,1H3,(H,21,22,23). The van der Waals surface area contributed by atoms with E-state index >= 15 is 0 Å². The summed E-state index contributed by atoms with van der Waals surface area (Å²) in [7, 11) is 0. The van der Waals surface area contributed by atoms with Gasteiger partial charge >= 0.3 is 0 Å². The number of nitrogens with zero attached hydrogens (tertiary/aromatic N) is 2. The summed E-state index contributed by atoms with van der Waals surface area (Å²) < 4.78 is 0. The van der Waals surface area contributed by atoms with Crippen LogP contribution in [0.15, 0.2) is 18.2 Å². The van der Waals surface area contributed by atoms with Crippen LogP contribution in [0.2, 0.25) is 10.3 Å². The summed E-state index contributed by atoms with van der Waals surface area (Å²) in [6, 6.07) is 5.80. The van der Waals surface area contributed by atoms with Gasteiger partial charge < -0.3 is 5.32 Å². The SMILES string of the molecule is Cc1cc(Cl)ccc1Nc1nc(Cl)nc2sc3c(c12)CCCCC3. The van der Waals surface area contributed by atoms with Crippen LogP contribution >= 0.6 is 34.5 Å². The van der Waals surface area contributed by atoms with Crippen LogP contribution in [-0.2, 0) is 12.8 Å². The zero-order valence-electron chi connectivity index (χ0n) is 13.3. The highest BCUT2D eigenvalue weighted by atomic mass is 35.5. The summed E-state index contributed by atoms with van der Waals surface area (Å²) >= 11 is 14.0. The molecule has 4 rings (SSSR count). The Morgan fingerprint density at radius 2 is 1.92 bits per heavy atom. The molecule has 0 aliphatic heterocycles. The number of hydrogen-bond donors (Lipinski definition) is 1. The van der Waals surface area contributed by atoms with Gasteiger partial charge in [-0.1, -0.05) is 18.0 Å². The topological polar surface area (TPSA) is 37.8 Å². The number of anilines is 2. The average molecular weight is 378 g/mol. The molecule has 1 N–H and O–H groups in total. The third kappa shape index (κ3) is 2.99. The van der Waals surface area contributed by atoms with Crippen molar-refractivity contribution in [3.05, 3.63) is 44.5 Å². The van der Waals surface area contributed by atoms with Crippen LogP contribution in [-0.4, -0.2) is 9.97 Å². The third-order valence-corrected chi connectivity index (χ3v) is 6.07. The Morgan fingerprint density at radius 1 is 1.08 bits per heavy atom. The summed E-state index contributed by atoms with van der Waals surface area (Å²) in [6.07, 6.45) is 5.99. The van der Waals surface area contributed by atoms with Crippen molar-refractivity contribution in [3.63, 3.8) is 0 Å². The average Bonchev–Trinajstić information content (AvgIpc) is 2.72. The van der Waals surface area contributed by atoms with Crippen molar-refractivity contribution in [1.82, 2.24) is 9.97 Å². The first-order chi connectivity index (χ1) is 11.6. The number of benzene rings is 1. The number of nitrogens with one attached hydrogen (secondary N) is 1. The fourth-order valence-corrected chi connectivity index (χ4v) is 5.00. The van der Waals surface area contributed by atoms with Crippen LogP contribution < -0.4 is 5.32 Å². The van der Waals surface area contributed by atoms with E-state index < -0.39 is 0 Å². The van der Waals surface area contributed by atoms with E-state index in [1.807, 2.05) is 25.1 Å². The lowest BCUT2D eigenvalue weighted by Crippen LogP contribution is -1.99. The molecule has 0 spiro atoms. The van der Waals surface area contributed by atoms with Crippen LogP contribution in [0.4, 0.5) is 11.5 Å². The number of fused-ring (bicyclic) bond motifs is 3. The molecule has 0 atom stereocenters. The van der Waals surface area contributed by atoms with Crippen LogP contribution in [0.3, 0.4) is 0 Å². The van der Waals surface area contributed by atoms with E-state index in [1.165, 1.54) is 29.7 Å². The number of rotatable bonds is 2. The zero-order chi connectivity index (χ0) is 16.7. The van der Waals surface area contributed by atoms with E-state index in [0.29, 0.717) is 0 Å². The van der Waals surface area contributed by atoms with Gasteiger partial charge in [-0.2, -0.15) is 4.98 Å². The molecule has 0 amide bonds. The van der Waals surface area contributed by atoms with Crippen molar-refractivity contribution >= 4 is 56.3 Å². The second kappa shape index (κ2) is 6.51. The van der Waals surface area contributed by atoms with Crippen LogP contribution in [0.25, 0.3) is 10.2 Å². The molecule has 0 bridgehead atoms. The molecule has 1 aliphatic carbocycles. The predicted molar refractivity (Wildman–Crippen MR) is 103 cm³/mol. The van der Waals surface area contributed by atoms with Gasteiger partial charge in [0.25, 0.3) is 0 Å². The summed E-state index contributed by atoms with van der Waals surface area (Å²) in [5.74, 6) is 0.801. The lowest BCUT2D eigenvalue weighted by Gasteiger charge is -2.11. The quantitative estimate of drug-likeness (QED) is 0.419. The normalized spacial score (nSPS) is 14.5. The fourth-order valence-electron chi connectivity index (χ4n) is 3.29. The molecule has 3 aromatic rings. The monoisotopic (exact) mass is 377 g/mol. The summed E-state index contributed by atoms with van der Waals surface area (Å²) in [5, 5.41) is 5.60. The molecular formula is C18H17Cl2N3S. The molecule has 24 heavy (non-hydrogen) atoms. The predicted octanol–water partition coefficient (Wildman–Crippen LogP) is 6.32. The molecule has 0 radical (unpaired) electrons. The Labute approximate surface area is 155 Å².